The molecule has 2 aromatic heterocycles. The van der Waals surface area contributed by atoms with Crippen LogP contribution in [0.2, 0.25) is 0 Å². The number of nitrogen functional groups attached to an aromatic ring is 1. The molecule has 138 valence electrons. The molecule has 0 aliphatic heterocycles. The lowest BCUT2D eigenvalue weighted by Gasteiger charge is -2.12. The van der Waals surface area contributed by atoms with E-state index in [0.717, 1.165) is 6.20 Å². The molecule has 1 amide bonds. The Labute approximate surface area is 147 Å². The Bertz CT molecular complexity index is 955. The van der Waals surface area contributed by atoms with E-state index in [1.807, 2.05) is 4.72 Å². The lowest BCUT2D eigenvalue weighted by molar-refractivity contribution is 0.100. The molecular weight excluding hydrogens is 368 g/mol. The number of hydrogen-bond acceptors (Lipinski definition) is 10. The molecule has 0 spiro atoms. The highest BCUT2D eigenvalue weighted by atomic mass is 32.2. The van der Waals surface area contributed by atoms with Gasteiger partial charge in [-0.15, -0.1) is 0 Å². The van der Waals surface area contributed by atoms with Crippen LogP contribution in [0.4, 0.5) is 11.6 Å². The first-order valence-electron chi connectivity index (χ1n) is 6.76. The van der Waals surface area contributed by atoms with Crippen molar-refractivity contribution in [1.82, 2.24) is 15.0 Å². The predicted molar refractivity (Wildman–Crippen MR) is 88.5 cm³/mol. The molecule has 0 unspecified atom stereocenters. The number of hydrogen-bond donors (Lipinski definition) is 3. The molecule has 2 heterocycles. The van der Waals surface area contributed by atoms with E-state index in [1.165, 1.54) is 20.3 Å². The van der Waals surface area contributed by atoms with Gasteiger partial charge >= 0.3 is 0 Å². The summed E-state index contributed by atoms with van der Waals surface area (Å²) >= 11 is 0. The number of ether oxygens (including phenoxy) is 2. The first-order chi connectivity index (χ1) is 12.2. The molecular formula is C13H14N6O6S. The van der Waals surface area contributed by atoms with Crippen LogP contribution in [-0.4, -0.2) is 49.8 Å². The van der Waals surface area contributed by atoms with Gasteiger partial charge in [0.2, 0.25) is 17.7 Å². The minimum absolute atomic E-state index is 0.0294. The van der Waals surface area contributed by atoms with Gasteiger partial charge in [0.25, 0.3) is 15.9 Å². The second-order valence-corrected chi connectivity index (χ2v) is 6.27. The largest absolute Gasteiger partial charge is 0.481 e. The summed E-state index contributed by atoms with van der Waals surface area (Å²) in [6.07, 6.45) is 1.00. The van der Waals surface area contributed by atoms with Crippen LogP contribution in [0.1, 0.15) is 20.7 Å². The molecule has 0 saturated carbocycles. The number of rotatable bonds is 7. The zero-order valence-electron chi connectivity index (χ0n) is 13.6. The van der Waals surface area contributed by atoms with Gasteiger partial charge in [0.1, 0.15) is 0 Å². The third-order valence-corrected chi connectivity index (χ3v) is 4.37. The second kappa shape index (κ2) is 7.18. The number of pyridine rings is 1. The van der Waals surface area contributed by atoms with Gasteiger partial charge < -0.3 is 20.9 Å². The van der Waals surface area contributed by atoms with E-state index < -0.39 is 38.2 Å². The van der Waals surface area contributed by atoms with Gasteiger partial charge in [-0.2, -0.15) is 18.4 Å². The summed E-state index contributed by atoms with van der Waals surface area (Å²) in [6.45, 7) is 0. The van der Waals surface area contributed by atoms with Crippen LogP contribution in [0.15, 0.2) is 17.3 Å². The highest BCUT2D eigenvalue weighted by molar-refractivity contribution is 7.92. The fourth-order valence-corrected chi connectivity index (χ4v) is 2.94. The fraction of sp³-hybridized carbons (Fsp3) is 0.154. The molecule has 2 aromatic rings. The Hall–Kier alpha value is -3.48. The van der Waals surface area contributed by atoms with Crippen LogP contribution in [0.25, 0.3) is 0 Å². The lowest BCUT2D eigenvalue weighted by Crippen LogP contribution is -2.22. The Kier molecular flexibility index (Phi) is 5.21. The van der Waals surface area contributed by atoms with Gasteiger partial charge in [0.15, 0.2) is 11.3 Å². The summed E-state index contributed by atoms with van der Waals surface area (Å²) in [6, 6.07) is 1.33. The highest BCUT2D eigenvalue weighted by Crippen LogP contribution is 2.24. The van der Waals surface area contributed by atoms with E-state index in [-0.39, 0.29) is 23.6 Å². The molecule has 0 atom stereocenters. The van der Waals surface area contributed by atoms with Gasteiger partial charge in [0.05, 0.1) is 37.1 Å². The van der Waals surface area contributed by atoms with Crippen molar-refractivity contribution in [2.75, 3.05) is 24.7 Å². The lowest BCUT2D eigenvalue weighted by atomic mass is 10.1. The van der Waals surface area contributed by atoms with Crippen LogP contribution >= 0.6 is 0 Å². The molecule has 0 aliphatic carbocycles. The molecule has 0 bridgehead atoms. The first-order valence-corrected chi connectivity index (χ1v) is 8.25. The summed E-state index contributed by atoms with van der Waals surface area (Å²) in [5.41, 5.74) is 9.52. The summed E-state index contributed by atoms with van der Waals surface area (Å²) in [4.78, 5) is 33.8. The number of nitrogens with two attached hydrogens (primary N) is 2. The molecule has 0 saturated heterocycles. The standard InChI is InChI=1S/C13H14N6O6S/c1-24-8-3-9(25-2)18-13(17-8)19-26(22,23)12-7(5-20)10(14)6(4-16-12)11(15)21/h3-5H,1-2H3,(H2,14,16)(H2,15,21)(H,17,18,19). The van der Waals surface area contributed by atoms with E-state index in [2.05, 4.69) is 15.0 Å². The Morgan fingerprint density at radius 2 is 1.81 bits per heavy atom. The Balaban J connectivity index is 2.53. The van der Waals surface area contributed by atoms with Crippen LogP contribution in [-0.2, 0) is 10.0 Å². The van der Waals surface area contributed by atoms with Gasteiger partial charge in [-0.05, 0) is 0 Å². The smallest absolute Gasteiger partial charge is 0.282 e. The van der Waals surface area contributed by atoms with Gasteiger partial charge in [0, 0.05) is 6.20 Å². The van der Waals surface area contributed by atoms with E-state index in [9.17, 15) is 18.0 Å². The second-order valence-electron chi connectivity index (χ2n) is 4.67. The van der Waals surface area contributed by atoms with Crippen molar-refractivity contribution in [2.24, 2.45) is 5.73 Å². The van der Waals surface area contributed by atoms with Gasteiger partial charge in [-0.1, -0.05) is 0 Å². The SMILES string of the molecule is COc1cc(OC)nc(NS(=O)(=O)c2ncc(C(N)=O)c(N)c2C=O)n1. The van der Waals surface area contributed by atoms with Crippen molar-refractivity contribution in [1.29, 1.82) is 0 Å². The monoisotopic (exact) mass is 382 g/mol. The first kappa shape index (κ1) is 18.9. The number of aromatic nitrogens is 3. The molecule has 0 fully saturated rings. The van der Waals surface area contributed by atoms with Crippen molar-refractivity contribution in [2.45, 2.75) is 5.03 Å². The maximum Gasteiger partial charge on any atom is 0.282 e. The quantitative estimate of drug-likeness (QED) is 0.510. The summed E-state index contributed by atoms with van der Waals surface area (Å²) < 4.78 is 37.0. The van der Waals surface area contributed by atoms with Gasteiger partial charge in [-0.25, -0.2) is 9.71 Å². The van der Waals surface area contributed by atoms with Crippen molar-refractivity contribution in [3.8, 4) is 11.8 Å². The zero-order valence-corrected chi connectivity index (χ0v) is 14.4. The predicted octanol–water partition coefficient (Wildman–Crippen LogP) is -0.817. The van der Waals surface area contributed by atoms with Crippen LogP contribution in [0, 0.1) is 0 Å². The molecule has 5 N–H and O–H groups in total. The Morgan fingerprint density at radius 3 is 2.27 bits per heavy atom. The number of anilines is 2. The van der Waals surface area contributed by atoms with Crippen LogP contribution in [0.5, 0.6) is 11.8 Å². The zero-order chi connectivity index (χ0) is 19.5. The van der Waals surface area contributed by atoms with Crippen molar-refractivity contribution in [3.63, 3.8) is 0 Å². The van der Waals surface area contributed by atoms with E-state index in [0.29, 0.717) is 0 Å². The number of methoxy groups -OCH3 is 2. The third-order valence-electron chi connectivity index (χ3n) is 3.08. The highest BCUT2D eigenvalue weighted by Gasteiger charge is 2.26. The number of aldehydes is 1. The van der Waals surface area contributed by atoms with Gasteiger partial charge in [-0.3, -0.25) is 9.59 Å². The molecule has 13 heteroatoms. The molecule has 0 aliphatic rings. The van der Waals surface area contributed by atoms with Crippen molar-refractivity contribution >= 4 is 33.9 Å². The van der Waals surface area contributed by atoms with E-state index in [1.54, 1.807) is 0 Å². The number of carbonyl (C=O) groups is 2. The summed E-state index contributed by atoms with van der Waals surface area (Å²) in [7, 11) is -1.80. The average Bonchev–Trinajstić information content (AvgIpc) is 2.60. The minimum atomic E-state index is -4.43. The molecule has 26 heavy (non-hydrogen) atoms. The Morgan fingerprint density at radius 1 is 1.23 bits per heavy atom. The molecule has 12 nitrogen and oxygen atoms in total. The van der Waals surface area contributed by atoms with Crippen LogP contribution < -0.4 is 25.7 Å². The van der Waals surface area contributed by atoms with E-state index >= 15 is 0 Å². The summed E-state index contributed by atoms with van der Waals surface area (Å²) in [5, 5.41) is -0.722. The summed E-state index contributed by atoms with van der Waals surface area (Å²) in [5.74, 6) is -1.29. The maximum atomic E-state index is 12.5. The minimum Gasteiger partial charge on any atom is -0.481 e. The van der Waals surface area contributed by atoms with Crippen molar-refractivity contribution < 1.29 is 27.5 Å². The number of amides is 1. The number of nitrogens with zero attached hydrogens (tertiary/aromatic N) is 3. The third kappa shape index (κ3) is 3.61. The number of nitrogens with one attached hydrogen (secondary N) is 1. The topological polar surface area (TPSA) is 189 Å². The van der Waals surface area contributed by atoms with E-state index in [4.69, 9.17) is 20.9 Å². The van der Waals surface area contributed by atoms with Crippen molar-refractivity contribution in [3.05, 3.63) is 23.4 Å². The molecule has 0 aromatic carbocycles. The molecule has 2 rings (SSSR count). The van der Waals surface area contributed by atoms with Crippen LogP contribution in [0.3, 0.4) is 0 Å². The molecule has 0 radical (unpaired) electrons. The number of sulfonamides is 1. The number of primary amides is 1. The number of carbonyl (C=O) groups excluding carboxylic acids is 2. The maximum absolute atomic E-state index is 12.5. The fourth-order valence-electron chi connectivity index (χ4n) is 1.87. The average molecular weight is 382 g/mol. The normalized spacial score (nSPS) is 10.8.